The Labute approximate surface area is 311 Å². The van der Waals surface area contributed by atoms with Gasteiger partial charge in [-0.05, 0) is 66.7 Å². The van der Waals surface area contributed by atoms with Crippen molar-refractivity contribution in [2.45, 2.75) is 30.5 Å². The number of hydrogen-bond donors (Lipinski definition) is 1. The fourth-order valence-corrected chi connectivity index (χ4v) is 6.28. The average molecular weight is 776 g/mol. The van der Waals surface area contributed by atoms with E-state index in [1.807, 2.05) is 12.1 Å². The summed E-state index contributed by atoms with van der Waals surface area (Å²) in [5.41, 5.74) is 2.09. The van der Waals surface area contributed by atoms with Crippen LogP contribution in [0.3, 0.4) is 0 Å². The Hall–Kier alpha value is -6.11. The number of esters is 4. The van der Waals surface area contributed by atoms with Crippen LogP contribution in [-0.4, -0.2) is 64.9 Å². The third-order valence-corrected chi connectivity index (χ3v) is 9.00. The van der Waals surface area contributed by atoms with Crippen molar-refractivity contribution in [1.82, 2.24) is 9.97 Å². The molecule has 1 fully saturated rings. The third kappa shape index (κ3) is 8.19. The van der Waals surface area contributed by atoms with E-state index in [2.05, 4.69) is 20.9 Å². The van der Waals surface area contributed by atoms with E-state index in [-0.39, 0.29) is 28.1 Å². The smallest absolute Gasteiger partial charge is 0.338 e. The first kappa shape index (κ1) is 35.3. The lowest BCUT2D eigenvalue weighted by molar-refractivity contribution is -0.233. The molecule has 12 heteroatoms. The molecule has 1 N–H and O–H groups in total. The topological polar surface area (TPSA) is 143 Å². The lowest BCUT2D eigenvalue weighted by Gasteiger charge is -2.44. The highest BCUT2D eigenvalue weighted by Crippen LogP contribution is 2.38. The number of benzene rings is 5. The summed E-state index contributed by atoms with van der Waals surface area (Å²) in [4.78, 5) is 62.5. The molecule has 53 heavy (non-hydrogen) atoms. The minimum Gasteiger partial charge on any atom is -0.459 e. The number of ether oxygens (including phenoxy) is 5. The van der Waals surface area contributed by atoms with Crippen molar-refractivity contribution in [1.29, 1.82) is 0 Å². The van der Waals surface area contributed by atoms with Gasteiger partial charge in [-0.25, -0.2) is 24.2 Å². The van der Waals surface area contributed by atoms with Crippen LogP contribution in [0.25, 0.3) is 11.0 Å². The van der Waals surface area contributed by atoms with Crippen LogP contribution < -0.4 is 0 Å². The Kier molecular flexibility index (Phi) is 10.7. The van der Waals surface area contributed by atoms with Gasteiger partial charge in [-0.15, -0.1) is 0 Å². The maximum absolute atomic E-state index is 13.8. The van der Waals surface area contributed by atoms with Gasteiger partial charge in [0.2, 0.25) is 0 Å². The van der Waals surface area contributed by atoms with Crippen molar-refractivity contribution in [2.24, 2.45) is 0 Å². The maximum atomic E-state index is 13.8. The molecule has 1 aliphatic rings. The van der Waals surface area contributed by atoms with E-state index >= 15 is 0 Å². The molecule has 0 aliphatic carbocycles. The van der Waals surface area contributed by atoms with Crippen LogP contribution in [0.5, 0.6) is 0 Å². The van der Waals surface area contributed by atoms with Crippen LogP contribution in [0.4, 0.5) is 0 Å². The minimum absolute atomic E-state index is 0.192. The first-order valence-electron chi connectivity index (χ1n) is 16.6. The van der Waals surface area contributed by atoms with Crippen LogP contribution in [-0.2, 0) is 23.7 Å². The monoisotopic (exact) mass is 774 g/mol. The molecule has 5 aromatic carbocycles. The Morgan fingerprint density at radius 1 is 0.585 bits per heavy atom. The zero-order valence-corrected chi connectivity index (χ0v) is 29.5. The fourth-order valence-electron chi connectivity index (χ4n) is 5.92. The molecule has 0 unspecified atom stereocenters. The average Bonchev–Trinajstić information content (AvgIpc) is 3.62. The Balaban J connectivity index is 1.34. The van der Waals surface area contributed by atoms with E-state index in [1.165, 1.54) is 0 Å². The maximum Gasteiger partial charge on any atom is 0.338 e. The molecule has 0 amide bonds. The fraction of sp³-hybridized carbons (Fsp3) is 0.146. The van der Waals surface area contributed by atoms with Gasteiger partial charge in [0.1, 0.15) is 18.5 Å². The summed E-state index contributed by atoms with van der Waals surface area (Å²) in [6.07, 6.45) is -6.88. The minimum atomic E-state index is -1.50. The van der Waals surface area contributed by atoms with Crippen molar-refractivity contribution in [3.05, 3.63) is 172 Å². The van der Waals surface area contributed by atoms with E-state index in [9.17, 15) is 19.2 Å². The summed E-state index contributed by atoms with van der Waals surface area (Å²) in [5, 5.41) is 0. The van der Waals surface area contributed by atoms with Crippen molar-refractivity contribution < 1.29 is 42.9 Å². The van der Waals surface area contributed by atoms with Crippen molar-refractivity contribution in [3.8, 4) is 0 Å². The second-order valence-electron chi connectivity index (χ2n) is 12.1. The first-order valence-corrected chi connectivity index (χ1v) is 17.4. The second-order valence-corrected chi connectivity index (χ2v) is 13.0. The van der Waals surface area contributed by atoms with Crippen molar-refractivity contribution in [2.75, 3.05) is 6.61 Å². The molecule has 266 valence electrons. The Bertz CT molecular complexity index is 2220. The zero-order valence-electron chi connectivity index (χ0n) is 27.9. The summed E-state index contributed by atoms with van der Waals surface area (Å²) in [5.74, 6) is -2.77. The highest BCUT2D eigenvalue weighted by atomic mass is 79.9. The molecule has 7 rings (SSSR count). The molecule has 5 atom stereocenters. The quantitative estimate of drug-likeness (QED) is 0.111. The number of aromatic amines is 1. The number of H-pyrrole nitrogens is 1. The number of nitrogens with zero attached hydrogens (tertiary/aromatic N) is 1. The van der Waals surface area contributed by atoms with Gasteiger partial charge < -0.3 is 28.7 Å². The van der Waals surface area contributed by atoms with Gasteiger partial charge in [-0.3, -0.25) is 0 Å². The van der Waals surface area contributed by atoms with Gasteiger partial charge >= 0.3 is 23.9 Å². The SMILES string of the molecule is O=C(OC[C@H]1O[C@@H](c2nc3ccc(Br)cc3[nH]2)[C@H](OC(=O)c2ccccc2)[C@@H](OC(=O)c2ccccc2)[C@@H]1OC(=O)c1ccccc1)c1ccccc1. The predicted octanol–water partition coefficient (Wildman–Crippen LogP) is 7.30. The molecule has 0 radical (unpaired) electrons. The molecule has 1 aromatic heterocycles. The predicted molar refractivity (Wildman–Crippen MR) is 195 cm³/mol. The van der Waals surface area contributed by atoms with Gasteiger partial charge in [0.15, 0.2) is 24.4 Å². The van der Waals surface area contributed by atoms with E-state index in [4.69, 9.17) is 28.7 Å². The summed E-state index contributed by atoms with van der Waals surface area (Å²) < 4.78 is 31.6. The first-order chi connectivity index (χ1) is 25.8. The van der Waals surface area contributed by atoms with Crippen LogP contribution in [0.15, 0.2) is 144 Å². The van der Waals surface area contributed by atoms with Gasteiger partial charge in [-0.1, -0.05) is 88.7 Å². The summed E-state index contributed by atoms with van der Waals surface area (Å²) in [6, 6.07) is 38.4. The molecule has 0 saturated carbocycles. The summed E-state index contributed by atoms with van der Waals surface area (Å²) >= 11 is 3.48. The standard InChI is InChI=1S/C41H31BrN2O9/c42-29-21-22-30-31(23-29)44-37(43-30)36-35(53-41(48)28-19-11-4-12-20-28)34(52-40(47)27-17-9-3-10-18-27)33(51-39(46)26-15-7-2-8-16-26)32(50-36)24-49-38(45)25-13-5-1-6-14-25/h1-23,32-36H,24H2,(H,43,44)/t32-,33-,34+,35-,36-/m1/s1. The highest BCUT2D eigenvalue weighted by molar-refractivity contribution is 9.10. The lowest BCUT2D eigenvalue weighted by Crippen LogP contribution is -2.60. The second kappa shape index (κ2) is 16.1. The van der Waals surface area contributed by atoms with Gasteiger partial charge in [0, 0.05) is 4.47 Å². The number of carbonyl (C=O) groups is 4. The van der Waals surface area contributed by atoms with Gasteiger partial charge in [-0.2, -0.15) is 0 Å². The Morgan fingerprint density at radius 2 is 1.04 bits per heavy atom. The molecule has 11 nitrogen and oxygen atoms in total. The largest absolute Gasteiger partial charge is 0.459 e. The number of carbonyl (C=O) groups excluding carboxylic acids is 4. The van der Waals surface area contributed by atoms with Crippen LogP contribution in [0, 0.1) is 0 Å². The van der Waals surface area contributed by atoms with Gasteiger partial charge in [0.25, 0.3) is 0 Å². The van der Waals surface area contributed by atoms with Crippen molar-refractivity contribution >= 4 is 50.8 Å². The lowest BCUT2D eigenvalue weighted by atomic mass is 9.93. The molecule has 6 aromatic rings. The van der Waals surface area contributed by atoms with E-state index < -0.39 is 61.0 Å². The van der Waals surface area contributed by atoms with E-state index in [0.29, 0.717) is 11.0 Å². The molecule has 0 spiro atoms. The number of halogens is 1. The van der Waals surface area contributed by atoms with Crippen LogP contribution in [0.2, 0.25) is 0 Å². The molecular weight excluding hydrogens is 744 g/mol. The van der Waals surface area contributed by atoms with Crippen molar-refractivity contribution in [3.63, 3.8) is 0 Å². The number of nitrogens with one attached hydrogen (secondary N) is 1. The molecular formula is C41H31BrN2O9. The van der Waals surface area contributed by atoms with E-state index in [1.54, 1.807) is 127 Å². The van der Waals surface area contributed by atoms with Gasteiger partial charge in [0.05, 0.1) is 33.3 Å². The molecule has 0 bridgehead atoms. The highest BCUT2D eigenvalue weighted by Gasteiger charge is 2.54. The Morgan fingerprint density at radius 3 is 1.55 bits per heavy atom. The molecule has 2 heterocycles. The number of aromatic nitrogens is 2. The number of hydrogen-bond acceptors (Lipinski definition) is 10. The number of fused-ring (bicyclic) bond motifs is 1. The normalized spacial score (nSPS) is 19.5. The number of rotatable bonds is 10. The zero-order chi connectivity index (χ0) is 36.7. The molecule has 1 aliphatic heterocycles. The number of imidazole rings is 1. The third-order valence-electron chi connectivity index (χ3n) is 8.51. The van der Waals surface area contributed by atoms with E-state index in [0.717, 1.165) is 4.47 Å². The molecule has 1 saturated heterocycles. The van der Waals surface area contributed by atoms with Crippen LogP contribution in [0.1, 0.15) is 53.4 Å². The summed E-state index contributed by atoms with van der Waals surface area (Å²) in [7, 11) is 0. The summed E-state index contributed by atoms with van der Waals surface area (Å²) in [6.45, 7) is -0.443. The van der Waals surface area contributed by atoms with Crippen LogP contribution >= 0.6 is 15.9 Å².